The molecule has 2 aromatic heterocycles. The average molecular weight is 368 g/mol. The molecule has 0 aliphatic carbocycles. The number of ether oxygens (including phenoxy) is 1. The largest absolute Gasteiger partial charge is 0.372 e. The molecule has 1 saturated heterocycles. The average Bonchev–Trinajstić information content (AvgIpc) is 3.08. The van der Waals surface area contributed by atoms with Crippen molar-refractivity contribution < 1.29 is 4.74 Å². The SMILES string of the molecule is CC(Cn1cc(Br)cn1)N[C@H]1CCCO[C@@H]1c1cnn(C)c1. The van der Waals surface area contributed by atoms with E-state index >= 15 is 0 Å². The molecule has 1 aliphatic heterocycles. The quantitative estimate of drug-likeness (QED) is 0.880. The molecular formula is C15H22BrN5O. The summed E-state index contributed by atoms with van der Waals surface area (Å²) in [5.74, 6) is 0. The first-order valence-corrected chi connectivity index (χ1v) is 8.45. The molecule has 0 aromatic carbocycles. The van der Waals surface area contributed by atoms with Crippen molar-refractivity contribution in [2.75, 3.05) is 6.61 Å². The molecule has 0 bridgehead atoms. The van der Waals surface area contributed by atoms with Crippen LogP contribution in [0.25, 0.3) is 0 Å². The zero-order chi connectivity index (χ0) is 15.5. The standard InChI is InChI=1S/C15H22BrN5O/c1-11(8-21-10-13(16)7-18-21)19-14-4-3-5-22-15(14)12-6-17-20(2)9-12/h6-7,9-11,14-15,19H,3-5,8H2,1-2H3/t11?,14-,15+/m0/s1. The van der Waals surface area contributed by atoms with E-state index in [0.29, 0.717) is 12.1 Å². The highest BCUT2D eigenvalue weighted by Crippen LogP contribution is 2.28. The Balaban J connectivity index is 1.63. The van der Waals surface area contributed by atoms with Crippen molar-refractivity contribution >= 4 is 15.9 Å². The molecule has 1 N–H and O–H groups in total. The first-order valence-electron chi connectivity index (χ1n) is 7.66. The van der Waals surface area contributed by atoms with Gasteiger partial charge < -0.3 is 10.1 Å². The number of halogens is 1. The van der Waals surface area contributed by atoms with Crippen LogP contribution in [0.4, 0.5) is 0 Å². The van der Waals surface area contributed by atoms with Crippen molar-refractivity contribution in [1.82, 2.24) is 24.9 Å². The number of aromatic nitrogens is 4. The van der Waals surface area contributed by atoms with Gasteiger partial charge in [0.25, 0.3) is 0 Å². The lowest BCUT2D eigenvalue weighted by Crippen LogP contribution is -2.45. The van der Waals surface area contributed by atoms with Crippen molar-refractivity contribution in [2.24, 2.45) is 7.05 Å². The lowest BCUT2D eigenvalue weighted by atomic mass is 9.97. The zero-order valence-electron chi connectivity index (χ0n) is 12.9. The van der Waals surface area contributed by atoms with Crippen LogP contribution < -0.4 is 5.32 Å². The van der Waals surface area contributed by atoms with Crippen LogP contribution in [0.5, 0.6) is 0 Å². The first-order chi connectivity index (χ1) is 10.6. The third-order valence-electron chi connectivity index (χ3n) is 3.94. The maximum Gasteiger partial charge on any atom is 0.101 e. The number of aryl methyl sites for hydroxylation is 1. The molecule has 1 unspecified atom stereocenters. The zero-order valence-corrected chi connectivity index (χ0v) is 14.5. The van der Waals surface area contributed by atoms with Gasteiger partial charge in [-0.2, -0.15) is 10.2 Å². The molecule has 6 nitrogen and oxygen atoms in total. The molecule has 22 heavy (non-hydrogen) atoms. The summed E-state index contributed by atoms with van der Waals surface area (Å²) in [6, 6.07) is 0.629. The second kappa shape index (κ2) is 6.93. The third-order valence-corrected chi connectivity index (χ3v) is 4.35. The number of hydrogen-bond acceptors (Lipinski definition) is 4. The van der Waals surface area contributed by atoms with Gasteiger partial charge in [0.1, 0.15) is 6.10 Å². The number of hydrogen-bond donors (Lipinski definition) is 1. The Morgan fingerprint density at radius 1 is 1.41 bits per heavy atom. The number of nitrogens with zero attached hydrogens (tertiary/aromatic N) is 4. The van der Waals surface area contributed by atoms with E-state index < -0.39 is 0 Å². The van der Waals surface area contributed by atoms with Gasteiger partial charge in [-0.1, -0.05) is 0 Å². The van der Waals surface area contributed by atoms with Crippen molar-refractivity contribution in [3.8, 4) is 0 Å². The van der Waals surface area contributed by atoms with E-state index in [0.717, 1.165) is 36.0 Å². The van der Waals surface area contributed by atoms with E-state index in [1.54, 1.807) is 0 Å². The van der Waals surface area contributed by atoms with Gasteiger partial charge in [-0.25, -0.2) is 0 Å². The van der Waals surface area contributed by atoms with Crippen LogP contribution in [-0.2, 0) is 18.3 Å². The summed E-state index contributed by atoms with van der Waals surface area (Å²) in [7, 11) is 1.94. The molecule has 120 valence electrons. The Hall–Kier alpha value is -1.18. The second-order valence-corrected chi connectivity index (χ2v) is 6.85. The molecule has 7 heteroatoms. The van der Waals surface area contributed by atoms with Crippen molar-refractivity contribution in [1.29, 1.82) is 0 Å². The van der Waals surface area contributed by atoms with Gasteiger partial charge in [0, 0.05) is 43.7 Å². The van der Waals surface area contributed by atoms with Crippen LogP contribution in [0.2, 0.25) is 0 Å². The van der Waals surface area contributed by atoms with E-state index in [2.05, 4.69) is 38.4 Å². The summed E-state index contributed by atoms with van der Waals surface area (Å²) in [4.78, 5) is 0. The molecule has 0 radical (unpaired) electrons. The minimum Gasteiger partial charge on any atom is -0.372 e. The van der Waals surface area contributed by atoms with Crippen LogP contribution in [0.15, 0.2) is 29.3 Å². The predicted molar refractivity (Wildman–Crippen MR) is 87.4 cm³/mol. The number of nitrogens with one attached hydrogen (secondary N) is 1. The smallest absolute Gasteiger partial charge is 0.101 e. The van der Waals surface area contributed by atoms with Gasteiger partial charge in [0.2, 0.25) is 0 Å². The maximum atomic E-state index is 6.00. The summed E-state index contributed by atoms with van der Waals surface area (Å²) in [5, 5.41) is 12.3. The van der Waals surface area contributed by atoms with Crippen LogP contribution >= 0.6 is 15.9 Å². The monoisotopic (exact) mass is 367 g/mol. The van der Waals surface area contributed by atoms with Gasteiger partial charge >= 0.3 is 0 Å². The van der Waals surface area contributed by atoms with Gasteiger partial charge in [0.05, 0.1) is 23.4 Å². The summed E-state index contributed by atoms with van der Waals surface area (Å²) < 4.78 is 10.8. The maximum absolute atomic E-state index is 6.00. The highest BCUT2D eigenvalue weighted by atomic mass is 79.9. The summed E-state index contributed by atoms with van der Waals surface area (Å²) in [5.41, 5.74) is 1.15. The van der Waals surface area contributed by atoms with Crippen LogP contribution in [0.3, 0.4) is 0 Å². The van der Waals surface area contributed by atoms with Crippen molar-refractivity contribution in [2.45, 2.75) is 44.5 Å². The van der Waals surface area contributed by atoms with Crippen molar-refractivity contribution in [3.05, 3.63) is 34.8 Å². The van der Waals surface area contributed by atoms with Crippen LogP contribution in [-0.4, -0.2) is 38.3 Å². The Morgan fingerprint density at radius 2 is 2.27 bits per heavy atom. The molecule has 0 amide bonds. The molecular weight excluding hydrogens is 346 g/mol. The van der Waals surface area contributed by atoms with E-state index in [-0.39, 0.29) is 6.10 Å². The lowest BCUT2D eigenvalue weighted by molar-refractivity contribution is -0.0139. The lowest BCUT2D eigenvalue weighted by Gasteiger charge is -2.34. The Kier molecular flexibility index (Phi) is 4.95. The summed E-state index contributed by atoms with van der Waals surface area (Å²) >= 11 is 3.43. The van der Waals surface area contributed by atoms with Gasteiger partial charge in [-0.3, -0.25) is 9.36 Å². The van der Waals surface area contributed by atoms with Crippen LogP contribution in [0, 0.1) is 0 Å². The number of rotatable bonds is 5. The van der Waals surface area contributed by atoms with E-state index in [9.17, 15) is 0 Å². The highest BCUT2D eigenvalue weighted by Gasteiger charge is 2.29. The van der Waals surface area contributed by atoms with Crippen LogP contribution in [0.1, 0.15) is 31.4 Å². The Bertz CT molecular complexity index is 611. The summed E-state index contributed by atoms with van der Waals surface area (Å²) in [6.07, 6.45) is 10.0. The molecule has 3 atom stereocenters. The molecule has 1 fully saturated rings. The third kappa shape index (κ3) is 3.77. The predicted octanol–water partition coefficient (Wildman–Crippen LogP) is 2.28. The van der Waals surface area contributed by atoms with Crippen molar-refractivity contribution in [3.63, 3.8) is 0 Å². The minimum atomic E-state index is 0.0780. The first kappa shape index (κ1) is 15.7. The van der Waals surface area contributed by atoms with E-state index in [1.165, 1.54) is 0 Å². The fraction of sp³-hybridized carbons (Fsp3) is 0.600. The summed E-state index contributed by atoms with van der Waals surface area (Å²) in [6.45, 7) is 3.84. The fourth-order valence-corrected chi connectivity index (χ4v) is 3.33. The Morgan fingerprint density at radius 3 is 2.95 bits per heavy atom. The normalized spacial score (nSPS) is 23.6. The Labute approximate surface area is 139 Å². The molecule has 2 aromatic rings. The van der Waals surface area contributed by atoms with E-state index in [1.807, 2.05) is 41.2 Å². The molecule has 0 spiro atoms. The van der Waals surface area contributed by atoms with Gasteiger partial charge in [-0.15, -0.1) is 0 Å². The molecule has 1 aliphatic rings. The molecule has 3 heterocycles. The molecule has 0 saturated carbocycles. The second-order valence-electron chi connectivity index (χ2n) is 5.94. The van der Waals surface area contributed by atoms with Gasteiger partial charge in [-0.05, 0) is 35.7 Å². The highest BCUT2D eigenvalue weighted by molar-refractivity contribution is 9.10. The van der Waals surface area contributed by atoms with E-state index in [4.69, 9.17) is 4.74 Å². The van der Waals surface area contributed by atoms with Gasteiger partial charge in [0.15, 0.2) is 0 Å². The fourth-order valence-electron chi connectivity index (χ4n) is 3.00. The topological polar surface area (TPSA) is 56.9 Å². The minimum absolute atomic E-state index is 0.0780. The molecule has 3 rings (SSSR count).